The summed E-state index contributed by atoms with van der Waals surface area (Å²) < 4.78 is 31.8. The fourth-order valence-electron chi connectivity index (χ4n) is 1.45. The Labute approximate surface area is 123 Å². The van der Waals surface area contributed by atoms with Crippen LogP contribution in [-0.2, 0) is 10.0 Å². The Morgan fingerprint density at radius 2 is 2.00 bits per heavy atom. The van der Waals surface area contributed by atoms with E-state index in [1.165, 1.54) is 19.2 Å². The van der Waals surface area contributed by atoms with Gasteiger partial charge < -0.3 is 14.9 Å². The van der Waals surface area contributed by atoms with Gasteiger partial charge in [-0.05, 0) is 18.2 Å². The second-order valence-electron chi connectivity index (χ2n) is 5.32. The summed E-state index contributed by atoms with van der Waals surface area (Å²) in [6, 6.07) is 3.52. The van der Waals surface area contributed by atoms with E-state index in [-0.39, 0.29) is 29.4 Å². The van der Waals surface area contributed by atoms with E-state index in [4.69, 9.17) is 14.9 Å². The summed E-state index contributed by atoms with van der Waals surface area (Å²) in [5.74, 6) is -1.23. The molecule has 0 bridgehead atoms. The number of benzene rings is 1. The van der Waals surface area contributed by atoms with Gasteiger partial charge in [-0.3, -0.25) is 0 Å². The number of nitrogens with one attached hydrogen (secondary N) is 1. The molecule has 0 atom stereocenters. The Balaban J connectivity index is 3.11. The zero-order chi connectivity index (χ0) is 16.3. The van der Waals surface area contributed by atoms with Crippen LogP contribution >= 0.6 is 0 Å². The number of methoxy groups -OCH3 is 1. The minimum atomic E-state index is -3.87. The molecule has 0 fully saturated rings. The number of sulfonamides is 1. The number of hydrogen-bond acceptors (Lipinski definition) is 5. The van der Waals surface area contributed by atoms with Crippen molar-refractivity contribution in [3.63, 3.8) is 0 Å². The highest BCUT2D eigenvalue weighted by Crippen LogP contribution is 2.25. The van der Waals surface area contributed by atoms with Crippen molar-refractivity contribution in [1.29, 1.82) is 0 Å². The quantitative estimate of drug-likeness (QED) is 0.682. The Morgan fingerprint density at radius 1 is 1.38 bits per heavy atom. The zero-order valence-electron chi connectivity index (χ0n) is 12.1. The summed E-state index contributed by atoms with van der Waals surface area (Å²) in [7, 11) is -2.61. The van der Waals surface area contributed by atoms with Gasteiger partial charge in [-0.25, -0.2) is 17.9 Å². The van der Waals surface area contributed by atoms with Gasteiger partial charge in [0.15, 0.2) is 0 Å². The van der Waals surface area contributed by atoms with E-state index < -0.39 is 21.4 Å². The van der Waals surface area contributed by atoms with Crippen molar-refractivity contribution in [1.82, 2.24) is 4.72 Å². The summed E-state index contributed by atoms with van der Waals surface area (Å²) in [4.78, 5) is 10.7. The lowest BCUT2D eigenvalue weighted by Crippen LogP contribution is -2.36. The van der Waals surface area contributed by atoms with Crippen molar-refractivity contribution in [3.05, 3.63) is 23.8 Å². The van der Waals surface area contributed by atoms with Crippen LogP contribution < -0.4 is 9.46 Å². The topological polar surface area (TPSA) is 113 Å². The molecular weight excluding hydrogens is 298 g/mol. The maximum atomic E-state index is 12.2. The lowest BCUT2D eigenvalue weighted by Gasteiger charge is -2.22. The maximum Gasteiger partial charge on any atom is 0.335 e. The molecule has 0 amide bonds. The van der Waals surface area contributed by atoms with Gasteiger partial charge in [-0.1, -0.05) is 13.8 Å². The van der Waals surface area contributed by atoms with Gasteiger partial charge in [0, 0.05) is 18.6 Å². The van der Waals surface area contributed by atoms with Crippen LogP contribution in [-0.4, -0.2) is 44.9 Å². The van der Waals surface area contributed by atoms with Crippen LogP contribution in [0.15, 0.2) is 23.1 Å². The number of carboxylic acids is 1. The van der Waals surface area contributed by atoms with Crippen molar-refractivity contribution in [2.75, 3.05) is 20.3 Å². The summed E-state index contributed by atoms with van der Waals surface area (Å²) in [6.45, 7) is 3.28. The average Bonchev–Trinajstić information content (AvgIpc) is 2.44. The molecule has 1 rings (SSSR count). The molecule has 3 N–H and O–H groups in total. The van der Waals surface area contributed by atoms with Crippen molar-refractivity contribution >= 4 is 16.0 Å². The van der Waals surface area contributed by atoms with E-state index >= 15 is 0 Å². The van der Waals surface area contributed by atoms with Crippen LogP contribution in [0.2, 0.25) is 0 Å². The number of aromatic carboxylic acids is 1. The second-order valence-corrected chi connectivity index (χ2v) is 7.05. The highest BCUT2D eigenvalue weighted by molar-refractivity contribution is 7.89. The molecule has 21 heavy (non-hydrogen) atoms. The third kappa shape index (κ3) is 4.42. The summed E-state index contributed by atoms with van der Waals surface area (Å²) >= 11 is 0. The molecule has 7 nitrogen and oxygen atoms in total. The molecular formula is C13H19NO6S. The van der Waals surface area contributed by atoms with Crippen molar-refractivity contribution in [3.8, 4) is 5.75 Å². The molecule has 0 spiro atoms. The van der Waals surface area contributed by atoms with Crippen LogP contribution in [0.1, 0.15) is 24.2 Å². The normalized spacial score (nSPS) is 12.2. The molecule has 8 heteroatoms. The lowest BCUT2D eigenvalue weighted by molar-refractivity contribution is 0.0696. The first-order chi connectivity index (χ1) is 9.63. The average molecular weight is 317 g/mol. The third-order valence-electron chi connectivity index (χ3n) is 2.87. The van der Waals surface area contributed by atoms with Crippen LogP contribution in [0.4, 0.5) is 0 Å². The van der Waals surface area contributed by atoms with E-state index in [0.29, 0.717) is 0 Å². The van der Waals surface area contributed by atoms with Gasteiger partial charge in [0.2, 0.25) is 10.0 Å². The fraction of sp³-hybridized carbons (Fsp3) is 0.462. The fourth-order valence-corrected chi connectivity index (χ4v) is 2.84. The number of hydrogen-bond donors (Lipinski definition) is 3. The minimum Gasteiger partial charge on any atom is -0.495 e. The first-order valence-corrected chi connectivity index (χ1v) is 7.63. The molecule has 1 aromatic rings. The van der Waals surface area contributed by atoms with E-state index in [9.17, 15) is 13.2 Å². The van der Waals surface area contributed by atoms with Crippen LogP contribution in [0.3, 0.4) is 0 Å². The molecule has 0 aromatic heterocycles. The second kappa shape index (κ2) is 6.42. The predicted octanol–water partition coefficient (Wildman–Crippen LogP) is 0.690. The number of ether oxygens (including phenoxy) is 1. The molecule has 1 aromatic carbocycles. The number of aliphatic hydroxyl groups excluding tert-OH is 1. The molecule has 0 radical (unpaired) electrons. The van der Waals surface area contributed by atoms with E-state index in [1.54, 1.807) is 13.8 Å². The number of aliphatic hydroxyl groups is 1. The lowest BCUT2D eigenvalue weighted by atomic mass is 9.96. The monoisotopic (exact) mass is 317 g/mol. The van der Waals surface area contributed by atoms with Crippen molar-refractivity contribution < 1.29 is 28.2 Å². The van der Waals surface area contributed by atoms with Gasteiger partial charge in [-0.15, -0.1) is 0 Å². The van der Waals surface area contributed by atoms with Gasteiger partial charge in [0.25, 0.3) is 0 Å². The van der Waals surface area contributed by atoms with E-state index in [1.807, 2.05) is 0 Å². The minimum absolute atomic E-state index is 0.0374. The largest absolute Gasteiger partial charge is 0.495 e. The van der Waals surface area contributed by atoms with Gasteiger partial charge >= 0.3 is 5.97 Å². The smallest absolute Gasteiger partial charge is 0.335 e. The summed E-state index contributed by atoms with van der Waals surface area (Å²) in [6.07, 6.45) is 0. The molecule has 0 saturated heterocycles. The molecule has 0 aliphatic heterocycles. The van der Waals surface area contributed by atoms with Crippen molar-refractivity contribution in [2.24, 2.45) is 5.41 Å². The molecule has 0 saturated carbocycles. The molecule has 0 heterocycles. The van der Waals surface area contributed by atoms with Gasteiger partial charge in [-0.2, -0.15) is 0 Å². The SMILES string of the molecule is COc1cc(C(=O)O)ccc1S(=O)(=O)NCC(C)(C)CO. The van der Waals surface area contributed by atoms with Crippen molar-refractivity contribution in [2.45, 2.75) is 18.7 Å². The highest BCUT2D eigenvalue weighted by Gasteiger charge is 2.24. The predicted molar refractivity (Wildman–Crippen MR) is 76.0 cm³/mol. The Kier molecular flexibility index (Phi) is 5.32. The van der Waals surface area contributed by atoms with Crippen LogP contribution in [0.5, 0.6) is 5.75 Å². The third-order valence-corrected chi connectivity index (χ3v) is 4.31. The molecule has 118 valence electrons. The van der Waals surface area contributed by atoms with E-state index in [2.05, 4.69) is 4.72 Å². The maximum absolute atomic E-state index is 12.2. The summed E-state index contributed by atoms with van der Waals surface area (Å²) in [5.41, 5.74) is -0.678. The van der Waals surface area contributed by atoms with Gasteiger partial charge in [0.05, 0.1) is 12.7 Å². The van der Waals surface area contributed by atoms with Crippen LogP contribution in [0, 0.1) is 5.41 Å². The molecule has 0 unspecified atom stereocenters. The first-order valence-electron chi connectivity index (χ1n) is 6.15. The first kappa shape index (κ1) is 17.4. The van der Waals surface area contributed by atoms with E-state index in [0.717, 1.165) is 6.07 Å². The Bertz CT molecular complexity index is 624. The molecule has 0 aliphatic rings. The standard InChI is InChI=1S/C13H19NO6S/c1-13(2,8-15)7-14-21(18,19)11-5-4-9(12(16)17)6-10(11)20-3/h4-6,14-15H,7-8H2,1-3H3,(H,16,17). The zero-order valence-corrected chi connectivity index (χ0v) is 12.9. The van der Waals surface area contributed by atoms with Crippen LogP contribution in [0.25, 0.3) is 0 Å². The number of carbonyl (C=O) groups is 1. The Morgan fingerprint density at radius 3 is 2.48 bits per heavy atom. The van der Waals surface area contributed by atoms with Gasteiger partial charge in [0.1, 0.15) is 10.6 Å². The Hall–Kier alpha value is -1.64. The molecule has 0 aliphatic carbocycles. The summed E-state index contributed by atoms with van der Waals surface area (Å²) in [5, 5.41) is 18.0. The number of rotatable bonds is 7. The number of carboxylic acid groups (broad SMARTS) is 1. The highest BCUT2D eigenvalue weighted by atomic mass is 32.2.